The molecule has 0 aliphatic heterocycles. The third-order valence-corrected chi connectivity index (χ3v) is 4.32. The lowest BCUT2D eigenvalue weighted by Gasteiger charge is -2.15. The lowest BCUT2D eigenvalue weighted by Crippen LogP contribution is -2.06. The van der Waals surface area contributed by atoms with Crippen molar-refractivity contribution < 1.29 is 9.84 Å². The number of aryl methyl sites for hydroxylation is 2. The molecule has 20 heavy (non-hydrogen) atoms. The zero-order valence-corrected chi connectivity index (χ0v) is 13.5. The third-order valence-electron chi connectivity index (χ3n) is 3.29. The van der Waals surface area contributed by atoms with Gasteiger partial charge in [-0.2, -0.15) is 5.10 Å². The topological polar surface area (TPSA) is 47.3 Å². The van der Waals surface area contributed by atoms with Gasteiger partial charge in [0, 0.05) is 12.6 Å². The summed E-state index contributed by atoms with van der Waals surface area (Å²) in [6.07, 6.45) is 0.164. The van der Waals surface area contributed by atoms with E-state index in [1.54, 1.807) is 4.68 Å². The maximum Gasteiger partial charge on any atom is 0.131 e. The molecule has 1 atom stereocenters. The van der Waals surface area contributed by atoms with Crippen molar-refractivity contribution in [1.29, 1.82) is 0 Å². The van der Waals surface area contributed by atoms with Gasteiger partial charge in [0.05, 0.1) is 22.0 Å². The molecule has 0 saturated carbocycles. The normalized spacial score (nSPS) is 12.4. The van der Waals surface area contributed by atoms with E-state index in [2.05, 4.69) is 21.0 Å². The Morgan fingerprint density at radius 1 is 1.40 bits per heavy atom. The van der Waals surface area contributed by atoms with Crippen molar-refractivity contribution in [3.05, 3.63) is 45.7 Å². The number of halogens is 1. The van der Waals surface area contributed by atoms with E-state index >= 15 is 0 Å². The molecule has 2 aromatic rings. The summed E-state index contributed by atoms with van der Waals surface area (Å²) in [5, 5.41) is 14.4. The van der Waals surface area contributed by atoms with Crippen LogP contribution in [0.2, 0.25) is 0 Å². The van der Waals surface area contributed by atoms with Crippen molar-refractivity contribution in [1.82, 2.24) is 9.78 Å². The molecule has 4 nitrogen and oxygen atoms in total. The predicted molar refractivity (Wildman–Crippen MR) is 81.7 cm³/mol. The Balaban J connectivity index is 2.19. The smallest absolute Gasteiger partial charge is 0.131 e. The number of aliphatic hydroxyl groups is 1. The van der Waals surface area contributed by atoms with Crippen LogP contribution in [0.15, 0.2) is 28.7 Å². The lowest BCUT2D eigenvalue weighted by molar-refractivity contribution is 0.166. The summed E-state index contributed by atoms with van der Waals surface area (Å²) in [5.41, 5.74) is 2.74. The number of benzene rings is 1. The van der Waals surface area contributed by atoms with Gasteiger partial charge in [0.25, 0.3) is 0 Å². The van der Waals surface area contributed by atoms with Crippen molar-refractivity contribution in [2.75, 3.05) is 0 Å². The second-order valence-corrected chi connectivity index (χ2v) is 5.51. The number of aromatic nitrogens is 2. The summed E-state index contributed by atoms with van der Waals surface area (Å²) in [6, 6.07) is 7.59. The molecule has 0 amide bonds. The van der Waals surface area contributed by atoms with E-state index < -0.39 is 6.10 Å². The minimum atomic E-state index is -0.497. The van der Waals surface area contributed by atoms with E-state index in [0.29, 0.717) is 18.8 Å². The first-order chi connectivity index (χ1) is 9.54. The van der Waals surface area contributed by atoms with Crippen LogP contribution < -0.4 is 4.74 Å². The van der Waals surface area contributed by atoms with E-state index in [9.17, 15) is 5.11 Å². The average molecular weight is 339 g/mol. The van der Waals surface area contributed by atoms with Crippen LogP contribution in [0.3, 0.4) is 0 Å². The molecular formula is C15H19BrN2O2. The molecule has 0 fully saturated rings. The zero-order chi connectivity index (χ0) is 14.7. The minimum Gasteiger partial charge on any atom is -0.487 e. The highest BCUT2D eigenvalue weighted by Crippen LogP contribution is 2.28. The Bertz CT molecular complexity index is 596. The molecule has 5 heteroatoms. The molecule has 0 saturated heterocycles. The second-order valence-electron chi connectivity index (χ2n) is 4.72. The van der Waals surface area contributed by atoms with Gasteiger partial charge in [-0.05, 0) is 35.3 Å². The summed E-state index contributed by atoms with van der Waals surface area (Å²) in [4.78, 5) is 0. The highest BCUT2D eigenvalue weighted by atomic mass is 79.9. The molecule has 0 bridgehead atoms. The van der Waals surface area contributed by atoms with Crippen LogP contribution >= 0.6 is 15.9 Å². The van der Waals surface area contributed by atoms with Gasteiger partial charge in [0.2, 0.25) is 0 Å². The highest BCUT2D eigenvalue weighted by molar-refractivity contribution is 9.10. The van der Waals surface area contributed by atoms with Crippen LogP contribution in [0.4, 0.5) is 0 Å². The van der Waals surface area contributed by atoms with Crippen LogP contribution in [-0.2, 0) is 13.7 Å². The fourth-order valence-corrected chi connectivity index (χ4v) is 2.54. The predicted octanol–water partition coefficient (Wildman–Crippen LogP) is 3.51. The van der Waals surface area contributed by atoms with Gasteiger partial charge in [-0.1, -0.05) is 25.1 Å². The Morgan fingerprint density at radius 3 is 2.70 bits per heavy atom. The number of para-hydroxylation sites is 1. The molecule has 1 aromatic heterocycles. The molecule has 1 N–H and O–H groups in total. The fraction of sp³-hybridized carbons (Fsp3) is 0.400. The largest absolute Gasteiger partial charge is 0.487 e. The molecule has 1 unspecified atom stereocenters. The van der Waals surface area contributed by atoms with Gasteiger partial charge in [-0.3, -0.25) is 4.68 Å². The number of nitrogens with zero attached hydrogens (tertiary/aromatic N) is 2. The van der Waals surface area contributed by atoms with E-state index in [4.69, 9.17) is 4.74 Å². The number of rotatable bonds is 5. The van der Waals surface area contributed by atoms with Crippen LogP contribution in [0.5, 0.6) is 5.75 Å². The molecule has 1 aromatic carbocycles. The van der Waals surface area contributed by atoms with Gasteiger partial charge < -0.3 is 9.84 Å². The van der Waals surface area contributed by atoms with Gasteiger partial charge >= 0.3 is 0 Å². The molecule has 0 spiro atoms. The molecule has 2 rings (SSSR count). The van der Waals surface area contributed by atoms with Gasteiger partial charge in [0.1, 0.15) is 12.4 Å². The van der Waals surface area contributed by atoms with E-state index in [0.717, 1.165) is 21.4 Å². The number of hydrogen-bond donors (Lipinski definition) is 1. The number of hydrogen-bond acceptors (Lipinski definition) is 3. The quantitative estimate of drug-likeness (QED) is 0.907. The van der Waals surface area contributed by atoms with Gasteiger partial charge in [-0.15, -0.1) is 0 Å². The zero-order valence-electron chi connectivity index (χ0n) is 11.9. The van der Waals surface area contributed by atoms with Crippen LogP contribution in [0.25, 0.3) is 0 Å². The van der Waals surface area contributed by atoms with Crippen LogP contribution in [0, 0.1) is 6.92 Å². The first-order valence-electron chi connectivity index (χ1n) is 6.62. The molecule has 0 radical (unpaired) electrons. The lowest BCUT2D eigenvalue weighted by atomic mass is 10.1. The van der Waals surface area contributed by atoms with E-state index in [1.807, 2.05) is 45.2 Å². The van der Waals surface area contributed by atoms with E-state index in [-0.39, 0.29) is 0 Å². The molecule has 1 heterocycles. The maximum atomic E-state index is 10.0. The maximum absolute atomic E-state index is 10.0. The highest BCUT2D eigenvalue weighted by Gasteiger charge is 2.14. The first-order valence-corrected chi connectivity index (χ1v) is 7.41. The summed E-state index contributed by atoms with van der Waals surface area (Å²) in [6.45, 7) is 4.30. The minimum absolute atomic E-state index is 0.408. The Hall–Kier alpha value is -1.33. The summed E-state index contributed by atoms with van der Waals surface area (Å²) >= 11 is 3.52. The second kappa shape index (κ2) is 6.41. The van der Waals surface area contributed by atoms with E-state index in [1.165, 1.54) is 0 Å². The Kier molecular flexibility index (Phi) is 4.83. The number of ether oxygens (including phenoxy) is 1. The molecule has 0 aliphatic rings. The molecule has 0 aliphatic carbocycles. The number of aliphatic hydroxyl groups excluding tert-OH is 1. The van der Waals surface area contributed by atoms with Crippen molar-refractivity contribution in [2.24, 2.45) is 7.05 Å². The Labute approximate surface area is 127 Å². The molecule has 108 valence electrons. The van der Waals surface area contributed by atoms with Crippen molar-refractivity contribution in [3.8, 4) is 5.75 Å². The summed E-state index contributed by atoms with van der Waals surface area (Å²) in [7, 11) is 1.89. The summed E-state index contributed by atoms with van der Waals surface area (Å²) in [5.74, 6) is 0.715. The summed E-state index contributed by atoms with van der Waals surface area (Å²) < 4.78 is 8.64. The average Bonchev–Trinajstić information content (AvgIpc) is 2.70. The van der Waals surface area contributed by atoms with Gasteiger partial charge in [-0.25, -0.2) is 0 Å². The van der Waals surface area contributed by atoms with Gasteiger partial charge in [0.15, 0.2) is 0 Å². The molecular weight excluding hydrogens is 320 g/mol. The van der Waals surface area contributed by atoms with Crippen molar-refractivity contribution in [2.45, 2.75) is 33.0 Å². The van der Waals surface area contributed by atoms with Crippen LogP contribution in [0.1, 0.15) is 36.4 Å². The fourth-order valence-electron chi connectivity index (χ4n) is 2.09. The third kappa shape index (κ3) is 3.04. The standard InChI is InChI=1S/C15H19BrN2O2/c1-4-13(19)11-7-5-6-8-14(11)20-9-12-15(16)10(2)17-18(12)3/h5-8,13,19H,4,9H2,1-3H3. The van der Waals surface area contributed by atoms with Crippen molar-refractivity contribution >= 4 is 15.9 Å². The monoisotopic (exact) mass is 338 g/mol. The van der Waals surface area contributed by atoms with Crippen molar-refractivity contribution in [3.63, 3.8) is 0 Å². The SMILES string of the molecule is CCC(O)c1ccccc1OCc1c(Br)c(C)nn1C. The first kappa shape index (κ1) is 15.1. The Morgan fingerprint density at radius 2 is 2.10 bits per heavy atom. The van der Waals surface area contributed by atoms with Crippen LogP contribution in [-0.4, -0.2) is 14.9 Å².